The second-order valence-electron chi connectivity index (χ2n) is 11.4. The molecule has 230 valence electrons. The number of rotatable bonds is 11. The molecule has 0 atom stereocenters. The number of methoxy groups -OCH3 is 2. The topological polar surface area (TPSA) is 63.2 Å². The summed E-state index contributed by atoms with van der Waals surface area (Å²) in [6.07, 6.45) is 9.49. The summed E-state index contributed by atoms with van der Waals surface area (Å²) in [5, 5.41) is 0. The van der Waals surface area contributed by atoms with E-state index in [1.54, 1.807) is 25.6 Å². The summed E-state index contributed by atoms with van der Waals surface area (Å²) in [7, 11) is 3.38. The van der Waals surface area contributed by atoms with Crippen molar-refractivity contribution in [2.24, 2.45) is 0 Å². The minimum atomic E-state index is -0.312. The van der Waals surface area contributed by atoms with Crippen molar-refractivity contribution in [3.05, 3.63) is 72.3 Å². The van der Waals surface area contributed by atoms with E-state index in [2.05, 4.69) is 30.3 Å². The first-order valence-electron chi connectivity index (χ1n) is 15.7. The van der Waals surface area contributed by atoms with Gasteiger partial charge in [0.1, 0.15) is 0 Å². The molecule has 2 aliphatic rings. The average molecular weight is 613 g/mol. The number of hydrogen-bond donors (Lipinski definition) is 0. The zero-order valence-corrected chi connectivity index (χ0v) is 26.5. The molecule has 3 aromatic carbocycles. The molecule has 4 aromatic rings. The molecule has 6 rings (SSSR count). The van der Waals surface area contributed by atoms with Gasteiger partial charge in [0.25, 0.3) is 0 Å². The van der Waals surface area contributed by atoms with Crippen LogP contribution in [0.15, 0.2) is 66.7 Å². The lowest BCUT2D eigenvalue weighted by atomic mass is 10.0. The number of benzene rings is 3. The number of esters is 1. The Morgan fingerprint density at radius 2 is 1.20 bits per heavy atom. The fraction of sp³-hybridized carbons (Fsp3) is 0.378. The molecule has 7 heteroatoms. The van der Waals surface area contributed by atoms with E-state index >= 15 is 0 Å². The summed E-state index contributed by atoms with van der Waals surface area (Å²) in [6, 6.07) is 22.3. The number of carbonyl (C=O) groups excluding carboxylic acids is 1. The lowest BCUT2D eigenvalue weighted by Crippen LogP contribution is -2.11. The van der Waals surface area contributed by atoms with Gasteiger partial charge in [-0.25, -0.2) is 4.79 Å². The molecule has 44 heavy (non-hydrogen) atoms. The summed E-state index contributed by atoms with van der Waals surface area (Å²) in [5.41, 5.74) is 4.77. The predicted octanol–water partition coefficient (Wildman–Crippen LogP) is 9.59. The van der Waals surface area contributed by atoms with Gasteiger partial charge in [-0.05, 0) is 124 Å². The van der Waals surface area contributed by atoms with Crippen LogP contribution in [0.3, 0.4) is 0 Å². The van der Waals surface area contributed by atoms with Crippen LogP contribution in [0.5, 0.6) is 23.0 Å². The van der Waals surface area contributed by atoms with E-state index < -0.39 is 0 Å². The zero-order valence-electron chi connectivity index (χ0n) is 25.7. The molecule has 2 aliphatic carbocycles. The van der Waals surface area contributed by atoms with Gasteiger partial charge < -0.3 is 23.7 Å². The van der Waals surface area contributed by atoms with E-state index in [-0.39, 0.29) is 18.2 Å². The van der Waals surface area contributed by atoms with Crippen molar-refractivity contribution in [3.63, 3.8) is 0 Å². The highest BCUT2D eigenvalue weighted by Gasteiger charge is 2.23. The van der Waals surface area contributed by atoms with Crippen LogP contribution < -0.4 is 18.9 Å². The van der Waals surface area contributed by atoms with Crippen LogP contribution in [-0.4, -0.2) is 39.0 Å². The molecule has 0 aliphatic heterocycles. The van der Waals surface area contributed by atoms with E-state index in [0.29, 0.717) is 12.2 Å². The van der Waals surface area contributed by atoms with Gasteiger partial charge in [0.15, 0.2) is 23.0 Å². The monoisotopic (exact) mass is 612 g/mol. The average Bonchev–Trinajstić information content (AvgIpc) is 3.84. The number of carbonyl (C=O) groups is 1. The Morgan fingerprint density at radius 1 is 0.682 bits per heavy atom. The van der Waals surface area contributed by atoms with Gasteiger partial charge in [0, 0.05) is 15.3 Å². The van der Waals surface area contributed by atoms with Gasteiger partial charge in [-0.15, -0.1) is 11.3 Å². The van der Waals surface area contributed by atoms with Gasteiger partial charge in [0.05, 0.1) is 38.6 Å². The van der Waals surface area contributed by atoms with Gasteiger partial charge in [-0.1, -0.05) is 18.2 Å². The number of thiophene rings is 1. The Bertz CT molecular complexity index is 1490. The van der Waals surface area contributed by atoms with Crippen LogP contribution >= 0.6 is 11.3 Å². The quantitative estimate of drug-likeness (QED) is 0.157. The minimum absolute atomic E-state index is 0.214. The SMILES string of the molecule is CCOC(=O)c1ccc(-c2cc(-c3ccc(OC)c(OC4CCCC4)c3)c(-c3ccc(OC)c(OC4CCCC4)c3)s2)cc1. The summed E-state index contributed by atoms with van der Waals surface area (Å²) in [5.74, 6) is 2.72. The van der Waals surface area contributed by atoms with Crippen molar-refractivity contribution in [2.45, 2.75) is 70.5 Å². The van der Waals surface area contributed by atoms with E-state index in [9.17, 15) is 4.79 Å². The van der Waals surface area contributed by atoms with Crippen LogP contribution in [-0.2, 0) is 4.74 Å². The van der Waals surface area contributed by atoms with Crippen molar-refractivity contribution in [1.82, 2.24) is 0 Å². The lowest BCUT2D eigenvalue weighted by Gasteiger charge is -2.18. The normalized spacial score (nSPS) is 15.3. The van der Waals surface area contributed by atoms with Crippen LogP contribution in [0.25, 0.3) is 32.0 Å². The Kier molecular flexibility index (Phi) is 9.41. The van der Waals surface area contributed by atoms with Crippen molar-refractivity contribution >= 4 is 17.3 Å². The molecule has 0 spiro atoms. The van der Waals surface area contributed by atoms with E-state index in [1.165, 1.54) is 25.7 Å². The number of ether oxygens (including phenoxy) is 5. The number of hydrogen-bond acceptors (Lipinski definition) is 7. The van der Waals surface area contributed by atoms with E-state index in [1.807, 2.05) is 43.3 Å². The molecule has 0 radical (unpaired) electrons. The highest BCUT2D eigenvalue weighted by atomic mass is 32.1. The summed E-state index contributed by atoms with van der Waals surface area (Å²) in [4.78, 5) is 14.5. The van der Waals surface area contributed by atoms with E-state index in [4.69, 9.17) is 23.7 Å². The molecular weight excluding hydrogens is 572 g/mol. The standard InChI is InChI=1S/C37H40O6S/c1-4-41-37(38)25-15-13-24(14-16-25)35-23-30(26-17-19-31(39-2)33(21-26)42-28-9-5-6-10-28)36(44-35)27-18-20-32(40-3)34(22-27)43-29-11-7-8-12-29/h13-23,28-29H,4-12H2,1-3H3. The van der Waals surface area contributed by atoms with Crippen LogP contribution in [0.1, 0.15) is 68.6 Å². The fourth-order valence-electron chi connectivity index (χ4n) is 6.17. The van der Waals surface area contributed by atoms with E-state index in [0.717, 1.165) is 80.7 Å². The second-order valence-corrected chi connectivity index (χ2v) is 12.5. The summed E-state index contributed by atoms with van der Waals surface area (Å²) >= 11 is 1.71. The first-order valence-corrected chi connectivity index (χ1v) is 16.5. The smallest absolute Gasteiger partial charge is 0.338 e. The largest absolute Gasteiger partial charge is 0.493 e. The predicted molar refractivity (Wildman–Crippen MR) is 175 cm³/mol. The summed E-state index contributed by atoms with van der Waals surface area (Å²) < 4.78 is 29.5. The maximum atomic E-state index is 12.3. The third kappa shape index (κ3) is 6.58. The van der Waals surface area contributed by atoms with Gasteiger partial charge in [-0.3, -0.25) is 0 Å². The molecule has 0 amide bonds. The molecule has 2 fully saturated rings. The maximum absolute atomic E-state index is 12.3. The third-order valence-corrected chi connectivity index (χ3v) is 9.74. The molecular formula is C37H40O6S. The van der Waals surface area contributed by atoms with Crippen molar-refractivity contribution in [3.8, 4) is 55.0 Å². The molecule has 1 heterocycles. The Morgan fingerprint density at radius 3 is 1.75 bits per heavy atom. The van der Waals surface area contributed by atoms with Crippen LogP contribution in [0.4, 0.5) is 0 Å². The van der Waals surface area contributed by atoms with Crippen LogP contribution in [0, 0.1) is 0 Å². The molecule has 0 saturated heterocycles. The minimum Gasteiger partial charge on any atom is -0.493 e. The first kappa shape index (κ1) is 30.1. The maximum Gasteiger partial charge on any atom is 0.338 e. The van der Waals surface area contributed by atoms with Gasteiger partial charge >= 0.3 is 5.97 Å². The molecule has 1 aromatic heterocycles. The van der Waals surface area contributed by atoms with Gasteiger partial charge in [-0.2, -0.15) is 0 Å². The third-order valence-electron chi connectivity index (χ3n) is 8.50. The lowest BCUT2D eigenvalue weighted by molar-refractivity contribution is 0.0526. The van der Waals surface area contributed by atoms with Crippen LogP contribution in [0.2, 0.25) is 0 Å². The highest BCUT2D eigenvalue weighted by Crippen LogP contribution is 2.47. The Labute approximate surface area is 263 Å². The Balaban J connectivity index is 1.43. The molecule has 0 unspecified atom stereocenters. The van der Waals surface area contributed by atoms with Gasteiger partial charge in [0.2, 0.25) is 0 Å². The Hall–Kier alpha value is -3.97. The molecule has 0 bridgehead atoms. The van der Waals surface area contributed by atoms with Crippen molar-refractivity contribution in [2.75, 3.05) is 20.8 Å². The summed E-state index contributed by atoms with van der Waals surface area (Å²) in [6.45, 7) is 2.16. The molecule has 2 saturated carbocycles. The van der Waals surface area contributed by atoms with Crippen molar-refractivity contribution < 1.29 is 28.5 Å². The second kappa shape index (κ2) is 13.8. The first-order chi connectivity index (χ1) is 21.6. The zero-order chi connectivity index (χ0) is 30.5. The molecule has 6 nitrogen and oxygen atoms in total. The molecule has 0 N–H and O–H groups in total. The van der Waals surface area contributed by atoms with Crippen molar-refractivity contribution in [1.29, 1.82) is 0 Å². The highest BCUT2D eigenvalue weighted by molar-refractivity contribution is 7.19. The fourth-order valence-corrected chi connectivity index (χ4v) is 7.35.